The Morgan fingerprint density at radius 3 is 2.16 bits per heavy atom. The Morgan fingerprint density at radius 1 is 1.11 bits per heavy atom. The van der Waals surface area contributed by atoms with Crippen LogP contribution in [0.15, 0.2) is 12.1 Å². The molecule has 0 unspecified atom stereocenters. The van der Waals surface area contributed by atoms with Gasteiger partial charge in [0.05, 0.1) is 15.7 Å². The quantitative estimate of drug-likeness (QED) is 0.640. The van der Waals surface area contributed by atoms with Crippen molar-refractivity contribution in [3.63, 3.8) is 0 Å². The average Bonchev–Trinajstić information content (AvgIpc) is 2.64. The van der Waals surface area contributed by atoms with E-state index < -0.39 is 0 Å². The third-order valence-electron chi connectivity index (χ3n) is 3.53. The second-order valence-electron chi connectivity index (χ2n) is 5.02. The lowest BCUT2D eigenvalue weighted by Crippen LogP contribution is -2.34. The van der Waals surface area contributed by atoms with Crippen LogP contribution < -0.4 is 11.1 Å². The number of benzene rings is 1. The van der Waals surface area contributed by atoms with E-state index in [4.69, 9.17) is 28.9 Å². The summed E-state index contributed by atoms with van der Waals surface area (Å²) in [7, 11) is 0. The van der Waals surface area contributed by atoms with Crippen molar-refractivity contribution in [1.29, 1.82) is 0 Å². The minimum atomic E-state index is -0.129. The summed E-state index contributed by atoms with van der Waals surface area (Å²) >= 11 is 11.9. The van der Waals surface area contributed by atoms with Crippen LogP contribution in [0.2, 0.25) is 10.0 Å². The number of carbonyl (C=O) groups excluding carboxylic acids is 1. The molecule has 0 heterocycles. The van der Waals surface area contributed by atoms with Gasteiger partial charge >= 0.3 is 0 Å². The van der Waals surface area contributed by atoms with Crippen molar-refractivity contribution in [1.82, 2.24) is 5.32 Å². The Kier molecular flexibility index (Phi) is 4.94. The predicted octanol–water partition coefficient (Wildman–Crippen LogP) is 4.03. The number of hydrogen-bond donors (Lipinski definition) is 2. The van der Waals surface area contributed by atoms with E-state index in [2.05, 4.69) is 5.32 Å². The second-order valence-corrected chi connectivity index (χ2v) is 5.83. The highest BCUT2D eigenvalue weighted by molar-refractivity contribution is 6.39. The summed E-state index contributed by atoms with van der Waals surface area (Å²) in [6.07, 6.45) is 6.95. The fourth-order valence-electron chi connectivity index (χ4n) is 2.41. The van der Waals surface area contributed by atoms with Crippen molar-refractivity contribution in [2.45, 2.75) is 44.6 Å². The topological polar surface area (TPSA) is 55.1 Å². The molecule has 0 saturated heterocycles. The van der Waals surface area contributed by atoms with Crippen LogP contribution in [0.25, 0.3) is 0 Å². The molecule has 0 aromatic heterocycles. The molecule has 0 spiro atoms. The lowest BCUT2D eigenvalue weighted by molar-refractivity contribution is 0.0933. The number of anilines is 1. The van der Waals surface area contributed by atoms with Crippen LogP contribution in [-0.4, -0.2) is 11.9 Å². The van der Waals surface area contributed by atoms with Gasteiger partial charge in [0.15, 0.2) is 0 Å². The van der Waals surface area contributed by atoms with Gasteiger partial charge in [-0.05, 0) is 25.0 Å². The standard InChI is InChI=1S/C14H18Cl2N2O/c15-11-7-9(8-12(16)13(11)17)14(19)18-10-5-3-1-2-4-6-10/h7-8,10H,1-6,17H2,(H,18,19). The average molecular weight is 301 g/mol. The van der Waals surface area contributed by atoms with E-state index in [1.165, 1.54) is 25.7 Å². The molecule has 19 heavy (non-hydrogen) atoms. The maximum absolute atomic E-state index is 12.2. The first-order chi connectivity index (χ1) is 9.08. The van der Waals surface area contributed by atoms with Gasteiger partial charge in [0, 0.05) is 11.6 Å². The summed E-state index contributed by atoms with van der Waals surface area (Å²) in [5.41, 5.74) is 6.44. The molecule has 1 amide bonds. The van der Waals surface area contributed by atoms with E-state index in [-0.39, 0.29) is 11.9 Å². The third kappa shape index (κ3) is 3.77. The Labute approximate surface area is 123 Å². The van der Waals surface area contributed by atoms with E-state index in [0.29, 0.717) is 21.3 Å². The van der Waals surface area contributed by atoms with Crippen molar-refractivity contribution in [3.8, 4) is 0 Å². The molecule has 1 aliphatic rings. The SMILES string of the molecule is Nc1c(Cl)cc(C(=O)NC2CCCCCC2)cc1Cl. The van der Waals surface area contributed by atoms with Gasteiger partial charge in [-0.15, -0.1) is 0 Å². The first-order valence-corrected chi connectivity index (χ1v) is 7.39. The number of carbonyl (C=O) groups is 1. The van der Waals surface area contributed by atoms with Gasteiger partial charge in [-0.2, -0.15) is 0 Å². The number of nitrogen functional groups attached to an aromatic ring is 1. The number of rotatable bonds is 2. The van der Waals surface area contributed by atoms with Crippen LogP contribution in [0.5, 0.6) is 0 Å². The molecular formula is C14H18Cl2N2O. The lowest BCUT2D eigenvalue weighted by atomic mass is 10.1. The summed E-state index contributed by atoms with van der Waals surface area (Å²) in [5.74, 6) is -0.129. The Balaban J connectivity index is 2.07. The van der Waals surface area contributed by atoms with Crippen molar-refractivity contribution < 1.29 is 4.79 Å². The van der Waals surface area contributed by atoms with E-state index in [1.54, 1.807) is 12.1 Å². The zero-order valence-electron chi connectivity index (χ0n) is 10.7. The molecule has 5 heteroatoms. The highest BCUT2D eigenvalue weighted by Crippen LogP contribution is 2.29. The normalized spacial score (nSPS) is 16.9. The molecule has 3 nitrogen and oxygen atoms in total. The van der Waals surface area contributed by atoms with Gasteiger partial charge in [0.1, 0.15) is 0 Å². The number of amides is 1. The summed E-state index contributed by atoms with van der Waals surface area (Å²) < 4.78 is 0. The molecule has 0 aliphatic heterocycles. The molecule has 0 atom stereocenters. The number of hydrogen-bond acceptors (Lipinski definition) is 2. The Hall–Kier alpha value is -0.930. The van der Waals surface area contributed by atoms with Crippen molar-refractivity contribution in [2.75, 3.05) is 5.73 Å². The van der Waals surface area contributed by atoms with E-state index in [1.807, 2.05) is 0 Å². The highest BCUT2D eigenvalue weighted by Gasteiger charge is 2.17. The highest BCUT2D eigenvalue weighted by atomic mass is 35.5. The third-order valence-corrected chi connectivity index (χ3v) is 4.16. The van der Waals surface area contributed by atoms with Crippen LogP contribution in [-0.2, 0) is 0 Å². The molecule has 1 aromatic carbocycles. The first-order valence-electron chi connectivity index (χ1n) is 6.63. The molecule has 1 saturated carbocycles. The lowest BCUT2D eigenvalue weighted by Gasteiger charge is -2.16. The molecule has 1 aliphatic carbocycles. The zero-order valence-corrected chi connectivity index (χ0v) is 12.2. The molecule has 104 valence electrons. The minimum absolute atomic E-state index is 0.129. The fourth-order valence-corrected chi connectivity index (χ4v) is 2.89. The van der Waals surface area contributed by atoms with Gasteiger partial charge < -0.3 is 11.1 Å². The monoisotopic (exact) mass is 300 g/mol. The molecule has 3 N–H and O–H groups in total. The van der Waals surface area contributed by atoms with Gasteiger partial charge in [-0.3, -0.25) is 4.79 Å². The number of halogens is 2. The minimum Gasteiger partial charge on any atom is -0.396 e. The second kappa shape index (κ2) is 6.49. The maximum Gasteiger partial charge on any atom is 0.251 e. The van der Waals surface area contributed by atoms with Crippen LogP contribution in [0.3, 0.4) is 0 Å². The van der Waals surface area contributed by atoms with Gasteiger partial charge in [0.25, 0.3) is 5.91 Å². The molecule has 1 fully saturated rings. The molecule has 0 radical (unpaired) electrons. The summed E-state index contributed by atoms with van der Waals surface area (Å²) in [5, 5.41) is 3.69. The van der Waals surface area contributed by atoms with Crippen molar-refractivity contribution in [2.24, 2.45) is 0 Å². The smallest absolute Gasteiger partial charge is 0.251 e. The summed E-state index contributed by atoms with van der Waals surface area (Å²) in [6, 6.07) is 3.38. The van der Waals surface area contributed by atoms with Crippen LogP contribution in [0.1, 0.15) is 48.9 Å². The van der Waals surface area contributed by atoms with Gasteiger partial charge in [-0.1, -0.05) is 48.9 Å². The number of nitrogens with one attached hydrogen (secondary N) is 1. The number of nitrogens with two attached hydrogens (primary N) is 1. The summed E-state index contributed by atoms with van der Waals surface area (Å²) in [6.45, 7) is 0. The van der Waals surface area contributed by atoms with Crippen LogP contribution in [0, 0.1) is 0 Å². The van der Waals surface area contributed by atoms with Crippen LogP contribution >= 0.6 is 23.2 Å². The molecule has 0 bridgehead atoms. The molecule has 2 rings (SSSR count). The summed E-state index contributed by atoms with van der Waals surface area (Å²) in [4.78, 5) is 12.2. The Morgan fingerprint density at radius 2 is 1.63 bits per heavy atom. The predicted molar refractivity (Wildman–Crippen MR) is 79.8 cm³/mol. The Bertz CT molecular complexity index is 446. The van der Waals surface area contributed by atoms with E-state index in [9.17, 15) is 4.79 Å². The zero-order chi connectivity index (χ0) is 13.8. The van der Waals surface area contributed by atoms with E-state index in [0.717, 1.165) is 12.8 Å². The van der Waals surface area contributed by atoms with Crippen LogP contribution in [0.4, 0.5) is 5.69 Å². The fraction of sp³-hybridized carbons (Fsp3) is 0.500. The van der Waals surface area contributed by atoms with Crippen molar-refractivity contribution in [3.05, 3.63) is 27.7 Å². The van der Waals surface area contributed by atoms with Gasteiger partial charge in [-0.25, -0.2) is 0 Å². The molecule has 1 aromatic rings. The van der Waals surface area contributed by atoms with E-state index >= 15 is 0 Å². The van der Waals surface area contributed by atoms with Crippen molar-refractivity contribution >= 4 is 34.8 Å². The first kappa shape index (κ1) is 14.5. The largest absolute Gasteiger partial charge is 0.396 e. The maximum atomic E-state index is 12.2. The van der Waals surface area contributed by atoms with Gasteiger partial charge in [0.2, 0.25) is 0 Å². The molecular weight excluding hydrogens is 283 g/mol.